The number of rotatable bonds is 27. The van der Waals surface area contributed by atoms with Crippen LogP contribution in [0.3, 0.4) is 0 Å². The van der Waals surface area contributed by atoms with Crippen LogP contribution in [0.2, 0.25) is 0 Å². The normalized spacial score (nSPS) is 17.7. The molecule has 0 saturated carbocycles. The zero-order chi connectivity index (χ0) is 46.6. The molecule has 1 fully saturated rings. The zero-order valence-corrected chi connectivity index (χ0v) is 38.0. The molecule has 1 rings (SSSR count). The molecule has 1 aliphatic heterocycles. The Labute approximate surface area is 367 Å². The Morgan fingerprint density at radius 1 is 0.803 bits per heavy atom. The van der Waals surface area contributed by atoms with Crippen LogP contribution in [0.5, 0.6) is 0 Å². The maximum atomic E-state index is 13.9. The van der Waals surface area contributed by atoms with Crippen molar-refractivity contribution in [1.82, 2.24) is 42.1 Å². The van der Waals surface area contributed by atoms with Gasteiger partial charge in [0.05, 0.1) is 12.1 Å². The minimum absolute atomic E-state index is 0.0285. The summed E-state index contributed by atoms with van der Waals surface area (Å²) in [6.45, 7) is 10.3. The number of thioether (sulfide) groups is 1. The lowest BCUT2D eigenvalue weighted by molar-refractivity contribution is -0.142. The average Bonchev–Trinajstić information content (AvgIpc) is 3.68. The van der Waals surface area contributed by atoms with Crippen LogP contribution < -0.4 is 48.7 Å². The lowest BCUT2D eigenvalue weighted by Gasteiger charge is -2.30. The molecule has 0 unspecified atom stereocenters. The van der Waals surface area contributed by atoms with E-state index < -0.39 is 102 Å². The Hall–Kier alpha value is -4.35. The standard InChI is InChI=1S/C38H69N11O10S2/c1-19(2)17-25(32(53)47-26(18-60)37(58)59)46-35(56)29(22(6)50)48-31(52)23(11-8-9-14-42-38(40)41)44-33(54)27-12-10-15-49(27)36(57)21(5)43-30(51)24(13-16-61-7)45-34(55)28(39)20(3)4/h19-29,50,60H,8-18,39H2,1-7H3,(H,43,51)(H,44,54)(H,45,55)(H,46,56)(H,47,53)(H,48,52)(H,58,59)(H4,40,41,42)/t21-,22+,23-,24-,25-,26-,27-,28-,29-/m0/s1. The van der Waals surface area contributed by atoms with Crippen LogP contribution in [-0.2, 0) is 38.4 Å². The van der Waals surface area contributed by atoms with E-state index in [0.717, 1.165) is 0 Å². The van der Waals surface area contributed by atoms with Crippen LogP contribution in [0.25, 0.3) is 0 Å². The van der Waals surface area contributed by atoms with Gasteiger partial charge in [-0.05, 0) is 82.6 Å². The molecule has 1 saturated heterocycles. The highest BCUT2D eigenvalue weighted by Gasteiger charge is 2.39. The predicted molar refractivity (Wildman–Crippen MR) is 234 cm³/mol. The number of aliphatic hydroxyl groups excluding tert-OH is 1. The number of likely N-dealkylation sites (tertiary alicyclic amines) is 1. The fourth-order valence-electron chi connectivity index (χ4n) is 6.32. The highest BCUT2D eigenvalue weighted by molar-refractivity contribution is 7.98. The first-order valence-electron chi connectivity index (χ1n) is 20.5. The van der Waals surface area contributed by atoms with Crippen molar-refractivity contribution in [1.29, 1.82) is 5.41 Å². The number of hydrogen-bond acceptors (Lipinski definition) is 13. The van der Waals surface area contributed by atoms with Crippen LogP contribution in [0.15, 0.2) is 0 Å². The molecule has 1 heterocycles. The summed E-state index contributed by atoms with van der Waals surface area (Å²) in [6, 6.07) is -9.41. The first-order chi connectivity index (χ1) is 28.5. The number of guanidine groups is 1. The van der Waals surface area contributed by atoms with Crippen LogP contribution in [0.4, 0.5) is 0 Å². The monoisotopic (exact) mass is 903 g/mol. The maximum absolute atomic E-state index is 13.9. The maximum Gasteiger partial charge on any atom is 0.327 e. The molecule has 61 heavy (non-hydrogen) atoms. The molecule has 7 amide bonds. The van der Waals surface area contributed by atoms with Gasteiger partial charge >= 0.3 is 5.97 Å². The van der Waals surface area contributed by atoms with Crippen LogP contribution in [0, 0.1) is 17.2 Å². The Kier molecular flexibility index (Phi) is 24.7. The highest BCUT2D eigenvalue weighted by Crippen LogP contribution is 2.20. The van der Waals surface area contributed by atoms with Crippen molar-refractivity contribution in [3.8, 4) is 0 Å². The number of carboxylic acids is 1. The van der Waals surface area contributed by atoms with Gasteiger partial charge < -0.3 is 63.8 Å². The molecule has 0 radical (unpaired) electrons. The number of amides is 7. The van der Waals surface area contributed by atoms with Gasteiger partial charge in [-0.1, -0.05) is 27.7 Å². The number of aliphatic carboxylic acids is 1. The second kappa shape index (κ2) is 27.6. The first kappa shape index (κ1) is 54.7. The van der Waals surface area contributed by atoms with Gasteiger partial charge in [-0.3, -0.25) is 39.0 Å². The molecule has 348 valence electrons. The summed E-state index contributed by atoms with van der Waals surface area (Å²) < 4.78 is 0. The topological polar surface area (TPSA) is 340 Å². The fraction of sp³-hybridized carbons (Fsp3) is 0.763. The molecule has 23 heteroatoms. The van der Waals surface area contributed by atoms with Gasteiger partial charge in [-0.25, -0.2) is 4.79 Å². The molecular weight excluding hydrogens is 835 g/mol. The van der Waals surface area contributed by atoms with Crippen molar-refractivity contribution in [2.24, 2.45) is 23.3 Å². The lowest BCUT2D eigenvalue weighted by atomic mass is 10.0. The van der Waals surface area contributed by atoms with E-state index in [1.165, 1.54) is 30.5 Å². The second-order valence-electron chi connectivity index (χ2n) is 15.9. The van der Waals surface area contributed by atoms with Crippen LogP contribution in [0.1, 0.15) is 86.5 Å². The zero-order valence-electron chi connectivity index (χ0n) is 36.2. The average molecular weight is 904 g/mol. The summed E-state index contributed by atoms with van der Waals surface area (Å²) in [5.74, 6) is -6.52. The number of carbonyl (C=O) groups is 8. The number of nitrogens with two attached hydrogens (primary N) is 2. The van der Waals surface area contributed by atoms with Gasteiger partial charge in [0, 0.05) is 18.8 Å². The molecule has 9 atom stereocenters. The number of unbranched alkanes of at least 4 members (excludes halogenated alkanes) is 1. The highest BCUT2D eigenvalue weighted by atomic mass is 32.2. The number of aliphatic hydroxyl groups is 1. The number of nitrogens with one attached hydrogen (secondary N) is 8. The molecule has 21 nitrogen and oxygen atoms in total. The summed E-state index contributed by atoms with van der Waals surface area (Å²) in [5.41, 5.74) is 11.4. The Morgan fingerprint density at radius 3 is 1.92 bits per heavy atom. The van der Waals surface area contributed by atoms with Crippen molar-refractivity contribution in [3.63, 3.8) is 0 Å². The van der Waals surface area contributed by atoms with Gasteiger partial charge in [0.2, 0.25) is 41.4 Å². The molecule has 0 spiro atoms. The summed E-state index contributed by atoms with van der Waals surface area (Å²) in [7, 11) is 0. The molecule has 0 aromatic heterocycles. The molecule has 0 aliphatic carbocycles. The van der Waals surface area contributed by atoms with Gasteiger partial charge in [-0.2, -0.15) is 24.4 Å². The Morgan fingerprint density at radius 2 is 1.38 bits per heavy atom. The van der Waals surface area contributed by atoms with E-state index in [9.17, 15) is 48.6 Å². The molecule has 14 N–H and O–H groups in total. The van der Waals surface area contributed by atoms with E-state index >= 15 is 0 Å². The summed E-state index contributed by atoms with van der Waals surface area (Å²) in [5, 5.41) is 45.4. The Bertz CT molecular complexity index is 1520. The van der Waals surface area contributed by atoms with E-state index in [4.69, 9.17) is 16.9 Å². The van der Waals surface area contributed by atoms with Gasteiger partial charge in [0.15, 0.2) is 5.96 Å². The van der Waals surface area contributed by atoms with Crippen LogP contribution in [-0.4, -0.2) is 154 Å². The third-order valence-corrected chi connectivity index (χ3v) is 10.9. The number of hydrogen-bond donors (Lipinski definition) is 13. The van der Waals surface area contributed by atoms with Crippen molar-refractivity contribution >= 4 is 77.7 Å². The van der Waals surface area contributed by atoms with Gasteiger partial charge in [0.1, 0.15) is 42.3 Å². The minimum atomic E-state index is -1.62. The van der Waals surface area contributed by atoms with E-state index in [-0.39, 0.29) is 62.3 Å². The van der Waals surface area contributed by atoms with Crippen molar-refractivity contribution in [3.05, 3.63) is 0 Å². The number of carboxylic acid groups (broad SMARTS) is 1. The largest absolute Gasteiger partial charge is 0.480 e. The van der Waals surface area contributed by atoms with Crippen LogP contribution >= 0.6 is 24.4 Å². The van der Waals surface area contributed by atoms with E-state index in [1.54, 1.807) is 27.7 Å². The number of thiol groups is 1. The first-order valence-corrected chi connectivity index (χ1v) is 22.5. The van der Waals surface area contributed by atoms with Crippen molar-refractivity contribution < 1.29 is 48.6 Å². The molecule has 0 aromatic carbocycles. The lowest BCUT2D eigenvalue weighted by Crippen LogP contribution is -2.61. The molecule has 1 aliphatic rings. The second-order valence-corrected chi connectivity index (χ2v) is 17.3. The Balaban J connectivity index is 3.25. The minimum Gasteiger partial charge on any atom is -0.480 e. The summed E-state index contributed by atoms with van der Waals surface area (Å²) in [6.07, 6.45) is 2.17. The molecule has 0 aromatic rings. The van der Waals surface area contributed by atoms with E-state index in [0.29, 0.717) is 25.0 Å². The van der Waals surface area contributed by atoms with Gasteiger partial charge in [0.25, 0.3) is 0 Å². The number of carbonyl (C=O) groups excluding carboxylic acids is 7. The number of nitrogens with zero attached hydrogens (tertiary/aromatic N) is 1. The third-order valence-electron chi connectivity index (χ3n) is 9.90. The predicted octanol–water partition coefficient (Wildman–Crippen LogP) is -2.26. The van der Waals surface area contributed by atoms with E-state index in [1.807, 2.05) is 6.26 Å². The summed E-state index contributed by atoms with van der Waals surface area (Å²) in [4.78, 5) is 107. The van der Waals surface area contributed by atoms with Crippen molar-refractivity contribution in [2.45, 2.75) is 141 Å². The molecule has 0 bridgehead atoms. The quantitative estimate of drug-likeness (QED) is 0.0179. The van der Waals surface area contributed by atoms with E-state index in [2.05, 4.69) is 49.8 Å². The SMILES string of the molecule is CSCC[C@H](NC(=O)[C@@H](N)C(C)C)C(=O)N[C@@H](C)C(=O)N1CCC[C@H]1C(=O)N[C@@H](CCCCNC(=N)N)C(=O)N[C@H](C(=O)N[C@@H](CC(C)C)C(=O)N[C@@H](CS)C(=O)O)[C@@H](C)O. The fourth-order valence-corrected chi connectivity index (χ4v) is 7.04. The smallest absolute Gasteiger partial charge is 0.327 e. The summed E-state index contributed by atoms with van der Waals surface area (Å²) >= 11 is 5.43. The molecular formula is C38H69N11O10S2. The van der Waals surface area contributed by atoms with Crippen molar-refractivity contribution in [2.75, 3.05) is 30.9 Å². The third kappa shape index (κ3) is 19.1. The van der Waals surface area contributed by atoms with Gasteiger partial charge in [-0.15, -0.1) is 0 Å².